The molecule has 2 aromatic rings. The molecule has 2 fully saturated rings. The molecule has 0 atom stereocenters. The van der Waals surface area contributed by atoms with Crippen LogP contribution in [0, 0.1) is 13.8 Å². The van der Waals surface area contributed by atoms with Crippen LogP contribution < -0.4 is 15.2 Å². The topological polar surface area (TPSA) is 58.6 Å². The lowest BCUT2D eigenvalue weighted by atomic mass is 10.00. The summed E-state index contributed by atoms with van der Waals surface area (Å²) in [6, 6.07) is 13.0. The second-order valence-electron chi connectivity index (χ2n) is 7.40. The predicted molar refractivity (Wildman–Crippen MR) is 109 cm³/mol. The molecule has 1 N–H and O–H groups in total. The smallest absolute Gasteiger partial charge is 0.282 e. The summed E-state index contributed by atoms with van der Waals surface area (Å²) in [6.07, 6.45) is 6.62. The molecule has 2 aliphatic rings. The van der Waals surface area contributed by atoms with Crippen LogP contribution in [0.15, 0.2) is 48.0 Å². The number of carbonyl (C=O) groups excluding carboxylic acids is 2. The molecule has 0 bridgehead atoms. The predicted octanol–water partition coefficient (Wildman–Crippen LogP) is 4.09. The van der Waals surface area contributed by atoms with Crippen molar-refractivity contribution in [2.45, 2.75) is 45.6 Å². The minimum Gasteiger partial charge on any atom is -0.490 e. The zero-order valence-corrected chi connectivity index (χ0v) is 16.2. The quantitative estimate of drug-likeness (QED) is 0.646. The van der Waals surface area contributed by atoms with Gasteiger partial charge in [0.2, 0.25) is 0 Å². The molecule has 0 aromatic heterocycles. The Morgan fingerprint density at radius 3 is 2.43 bits per heavy atom. The van der Waals surface area contributed by atoms with Gasteiger partial charge in [0.25, 0.3) is 11.8 Å². The van der Waals surface area contributed by atoms with Gasteiger partial charge in [0, 0.05) is 0 Å². The lowest BCUT2D eigenvalue weighted by Gasteiger charge is -2.17. The third kappa shape index (κ3) is 3.40. The zero-order valence-electron chi connectivity index (χ0n) is 16.2. The maximum Gasteiger partial charge on any atom is 0.282 e. The van der Waals surface area contributed by atoms with Crippen LogP contribution in [0.4, 0.5) is 5.69 Å². The first-order valence-corrected chi connectivity index (χ1v) is 9.73. The maximum absolute atomic E-state index is 12.8. The molecule has 0 spiro atoms. The molecular weight excluding hydrogens is 352 g/mol. The SMILES string of the molecule is Cc1c(C=C2C(=O)NN(c3ccccc3)C2=O)ccc(OC2CCCC2)c1C. The summed E-state index contributed by atoms with van der Waals surface area (Å²) < 4.78 is 6.15. The van der Waals surface area contributed by atoms with Crippen LogP contribution in [0.2, 0.25) is 0 Å². The van der Waals surface area contributed by atoms with E-state index in [1.807, 2.05) is 44.2 Å². The van der Waals surface area contributed by atoms with Crippen LogP contribution in [-0.4, -0.2) is 17.9 Å². The van der Waals surface area contributed by atoms with Crippen molar-refractivity contribution in [3.05, 3.63) is 64.7 Å². The van der Waals surface area contributed by atoms with Gasteiger partial charge in [0.1, 0.15) is 11.3 Å². The highest BCUT2D eigenvalue weighted by atomic mass is 16.5. The van der Waals surface area contributed by atoms with Crippen molar-refractivity contribution in [3.8, 4) is 5.75 Å². The first-order chi connectivity index (χ1) is 13.5. The third-order valence-corrected chi connectivity index (χ3v) is 5.58. The molecule has 1 aliphatic carbocycles. The Labute approximate surface area is 165 Å². The molecule has 144 valence electrons. The number of hydrazine groups is 1. The molecule has 1 heterocycles. The zero-order chi connectivity index (χ0) is 19.7. The van der Waals surface area contributed by atoms with Crippen LogP contribution >= 0.6 is 0 Å². The Morgan fingerprint density at radius 1 is 1.00 bits per heavy atom. The van der Waals surface area contributed by atoms with Crippen molar-refractivity contribution in [2.24, 2.45) is 0 Å². The molecule has 1 saturated carbocycles. The number of carbonyl (C=O) groups is 2. The second-order valence-corrected chi connectivity index (χ2v) is 7.40. The first-order valence-electron chi connectivity index (χ1n) is 9.73. The van der Waals surface area contributed by atoms with Gasteiger partial charge in [-0.25, -0.2) is 5.01 Å². The van der Waals surface area contributed by atoms with Crippen molar-refractivity contribution in [2.75, 3.05) is 5.01 Å². The van der Waals surface area contributed by atoms with E-state index in [4.69, 9.17) is 4.74 Å². The standard InChI is InChI=1S/C23H24N2O3/c1-15-16(2)21(28-19-10-6-7-11-19)13-12-17(15)14-20-22(26)24-25(23(20)27)18-8-4-3-5-9-18/h3-5,8-9,12-14,19H,6-7,10-11H2,1-2H3,(H,24,26). The Morgan fingerprint density at radius 2 is 1.71 bits per heavy atom. The van der Waals surface area contributed by atoms with Crippen molar-refractivity contribution < 1.29 is 14.3 Å². The van der Waals surface area contributed by atoms with Crippen LogP contribution in [0.1, 0.15) is 42.4 Å². The summed E-state index contributed by atoms with van der Waals surface area (Å²) in [4.78, 5) is 25.2. The molecule has 1 aliphatic heterocycles. The first kappa shape index (κ1) is 18.3. The van der Waals surface area contributed by atoms with E-state index >= 15 is 0 Å². The number of hydrogen-bond acceptors (Lipinski definition) is 3. The summed E-state index contributed by atoms with van der Waals surface area (Å²) in [7, 11) is 0. The molecule has 2 aromatic carbocycles. The molecule has 1 saturated heterocycles. The van der Waals surface area contributed by atoms with Gasteiger partial charge in [-0.3, -0.25) is 15.0 Å². The molecule has 0 unspecified atom stereocenters. The van der Waals surface area contributed by atoms with Crippen LogP contribution in [0.3, 0.4) is 0 Å². The summed E-state index contributed by atoms with van der Waals surface area (Å²) in [5.41, 5.74) is 6.32. The lowest BCUT2D eigenvalue weighted by Crippen LogP contribution is -2.35. The van der Waals surface area contributed by atoms with E-state index in [1.54, 1.807) is 18.2 Å². The van der Waals surface area contributed by atoms with E-state index in [0.29, 0.717) is 11.8 Å². The van der Waals surface area contributed by atoms with Gasteiger partial charge in [0.15, 0.2) is 0 Å². The van der Waals surface area contributed by atoms with Gasteiger partial charge in [-0.15, -0.1) is 0 Å². The van der Waals surface area contributed by atoms with E-state index in [9.17, 15) is 9.59 Å². The van der Waals surface area contributed by atoms with E-state index in [-0.39, 0.29) is 11.5 Å². The van der Waals surface area contributed by atoms with Crippen molar-refractivity contribution >= 4 is 23.6 Å². The van der Waals surface area contributed by atoms with Crippen LogP contribution in [0.5, 0.6) is 5.75 Å². The number of para-hydroxylation sites is 1. The molecule has 0 radical (unpaired) electrons. The largest absolute Gasteiger partial charge is 0.490 e. The van der Waals surface area contributed by atoms with Crippen molar-refractivity contribution in [1.29, 1.82) is 0 Å². The minimum absolute atomic E-state index is 0.135. The van der Waals surface area contributed by atoms with Crippen molar-refractivity contribution in [1.82, 2.24) is 5.43 Å². The molecule has 28 heavy (non-hydrogen) atoms. The summed E-state index contributed by atoms with van der Waals surface area (Å²) >= 11 is 0. The van der Waals surface area contributed by atoms with E-state index in [1.165, 1.54) is 17.9 Å². The molecule has 5 heteroatoms. The van der Waals surface area contributed by atoms with Crippen molar-refractivity contribution in [3.63, 3.8) is 0 Å². The number of amides is 2. The normalized spacial score (nSPS) is 18.8. The van der Waals surface area contributed by atoms with Gasteiger partial charge >= 0.3 is 0 Å². The van der Waals surface area contributed by atoms with Crippen LogP contribution in [-0.2, 0) is 9.59 Å². The number of benzene rings is 2. The van der Waals surface area contributed by atoms with Gasteiger partial charge in [-0.05, 0) is 80.5 Å². The fourth-order valence-electron chi connectivity index (χ4n) is 3.76. The summed E-state index contributed by atoms with van der Waals surface area (Å²) in [6.45, 7) is 4.02. The third-order valence-electron chi connectivity index (χ3n) is 5.58. The Hall–Kier alpha value is -3.08. The number of anilines is 1. The van der Waals surface area contributed by atoms with E-state index in [2.05, 4.69) is 5.43 Å². The lowest BCUT2D eigenvalue weighted by molar-refractivity contribution is -0.117. The highest BCUT2D eigenvalue weighted by molar-refractivity contribution is 6.31. The van der Waals surface area contributed by atoms with Gasteiger partial charge in [-0.2, -0.15) is 0 Å². The minimum atomic E-state index is -0.391. The number of ether oxygens (including phenoxy) is 1. The number of nitrogens with zero attached hydrogens (tertiary/aromatic N) is 1. The fourth-order valence-corrected chi connectivity index (χ4v) is 3.76. The van der Waals surface area contributed by atoms with E-state index < -0.39 is 5.91 Å². The fraction of sp³-hybridized carbons (Fsp3) is 0.304. The number of nitrogens with one attached hydrogen (secondary N) is 1. The molecular formula is C23H24N2O3. The average Bonchev–Trinajstić information content (AvgIpc) is 3.31. The summed E-state index contributed by atoms with van der Waals surface area (Å²) in [5.74, 6) is 0.149. The Bertz CT molecular complexity index is 944. The Kier molecular flexibility index (Phi) is 4.90. The highest BCUT2D eigenvalue weighted by Crippen LogP contribution is 2.31. The average molecular weight is 376 g/mol. The van der Waals surface area contributed by atoms with Gasteiger partial charge < -0.3 is 4.74 Å². The number of rotatable bonds is 4. The van der Waals surface area contributed by atoms with E-state index in [0.717, 1.165) is 35.3 Å². The molecule has 5 nitrogen and oxygen atoms in total. The van der Waals surface area contributed by atoms with Gasteiger partial charge in [-0.1, -0.05) is 24.3 Å². The van der Waals surface area contributed by atoms with Crippen LogP contribution in [0.25, 0.3) is 6.08 Å². The monoisotopic (exact) mass is 376 g/mol. The summed E-state index contributed by atoms with van der Waals surface area (Å²) in [5, 5.41) is 1.29. The highest BCUT2D eigenvalue weighted by Gasteiger charge is 2.34. The second kappa shape index (κ2) is 7.50. The van der Waals surface area contributed by atoms with Gasteiger partial charge in [0.05, 0.1) is 11.8 Å². The molecule has 4 rings (SSSR count). The Balaban J connectivity index is 1.60. The molecule has 2 amide bonds. The maximum atomic E-state index is 12.8. The number of hydrogen-bond donors (Lipinski definition) is 1.